The number of carbonyl (C=O) groups is 3. The van der Waals surface area contributed by atoms with Crippen molar-refractivity contribution in [2.45, 2.75) is 58.5 Å². The highest BCUT2D eigenvalue weighted by molar-refractivity contribution is 5.87. The van der Waals surface area contributed by atoms with Gasteiger partial charge in [-0.05, 0) is 68.5 Å². The number of phenols is 1. The average Bonchev–Trinajstić information content (AvgIpc) is 2.81. The number of phenolic OH excluding ortho intramolecular Hbond substituents is 1. The van der Waals surface area contributed by atoms with Crippen LogP contribution >= 0.6 is 0 Å². The lowest BCUT2D eigenvalue weighted by molar-refractivity contribution is -0.137. The highest BCUT2D eigenvalue weighted by atomic mass is 16.3. The van der Waals surface area contributed by atoms with Crippen LogP contribution in [-0.4, -0.2) is 53.1 Å². The van der Waals surface area contributed by atoms with Gasteiger partial charge in [0.15, 0.2) is 0 Å². The molecule has 0 aromatic heterocycles. The molecule has 1 atom stereocenters. The molecule has 6 N–H and O–H groups in total. The molecule has 9 nitrogen and oxygen atoms in total. The van der Waals surface area contributed by atoms with Crippen molar-refractivity contribution in [1.29, 1.82) is 0 Å². The van der Waals surface area contributed by atoms with Gasteiger partial charge in [-0.2, -0.15) is 0 Å². The fourth-order valence-electron chi connectivity index (χ4n) is 3.86. The molecule has 2 aromatic carbocycles. The van der Waals surface area contributed by atoms with Crippen LogP contribution < -0.4 is 21.8 Å². The van der Waals surface area contributed by atoms with Gasteiger partial charge in [0.25, 0.3) is 0 Å². The minimum absolute atomic E-state index is 0.103. The molecule has 0 saturated heterocycles. The van der Waals surface area contributed by atoms with E-state index in [1.165, 1.54) is 7.05 Å². The number of carbonyl (C=O) groups excluding carboxylic acids is 3. The maximum absolute atomic E-state index is 12.9. The van der Waals surface area contributed by atoms with E-state index < -0.39 is 17.6 Å². The molecule has 9 heteroatoms. The van der Waals surface area contributed by atoms with Crippen LogP contribution in [0, 0.1) is 13.8 Å². The first-order valence-corrected chi connectivity index (χ1v) is 11.6. The van der Waals surface area contributed by atoms with E-state index in [1.807, 2.05) is 44.2 Å². The molecule has 2 rings (SSSR count). The van der Waals surface area contributed by atoms with Crippen molar-refractivity contribution in [2.75, 3.05) is 13.6 Å². The highest BCUT2D eigenvalue weighted by Crippen LogP contribution is 2.22. The Hall–Kier alpha value is -3.59. The molecule has 0 aliphatic heterocycles. The molecular weight excluding hydrogens is 446 g/mol. The van der Waals surface area contributed by atoms with Crippen molar-refractivity contribution in [3.63, 3.8) is 0 Å². The van der Waals surface area contributed by atoms with Crippen LogP contribution in [0.2, 0.25) is 0 Å². The lowest BCUT2D eigenvalue weighted by Crippen LogP contribution is -2.59. The van der Waals surface area contributed by atoms with Gasteiger partial charge in [-0.15, -0.1) is 0 Å². The monoisotopic (exact) mass is 483 g/mol. The number of nitrogens with two attached hydrogens (primary N) is 1. The fraction of sp³-hybridized carbons (Fsp3) is 0.423. The molecule has 190 valence electrons. The van der Waals surface area contributed by atoms with Crippen molar-refractivity contribution in [1.82, 2.24) is 21.0 Å². The average molecular weight is 484 g/mol. The maximum Gasteiger partial charge on any atom is 0.315 e. The van der Waals surface area contributed by atoms with Crippen molar-refractivity contribution >= 4 is 17.8 Å². The maximum atomic E-state index is 12.9. The zero-order valence-corrected chi connectivity index (χ0v) is 21.1. The molecule has 0 heterocycles. The third-order valence-corrected chi connectivity index (χ3v) is 6.02. The molecule has 0 saturated carbocycles. The zero-order chi connectivity index (χ0) is 26.2. The van der Waals surface area contributed by atoms with Crippen molar-refractivity contribution in [3.8, 4) is 5.75 Å². The predicted molar refractivity (Wildman–Crippen MR) is 136 cm³/mol. The Morgan fingerprint density at radius 2 is 1.69 bits per heavy atom. The largest absolute Gasteiger partial charge is 0.508 e. The Labute approximate surface area is 207 Å². The third-order valence-electron chi connectivity index (χ3n) is 6.02. The van der Waals surface area contributed by atoms with Gasteiger partial charge in [0.2, 0.25) is 11.8 Å². The summed E-state index contributed by atoms with van der Waals surface area (Å²) in [5.41, 5.74) is 2.87. The van der Waals surface area contributed by atoms with Crippen LogP contribution in [-0.2, 0) is 22.4 Å². The van der Waals surface area contributed by atoms with Gasteiger partial charge in [0.1, 0.15) is 11.8 Å². The predicted octanol–water partition coefficient (Wildman–Crippen LogP) is 2.08. The molecule has 0 fully saturated rings. The summed E-state index contributed by atoms with van der Waals surface area (Å²) in [5.74, 6) is 5.72. The van der Waals surface area contributed by atoms with Crippen LogP contribution in [0.3, 0.4) is 0 Å². The first-order valence-electron chi connectivity index (χ1n) is 11.6. The second kappa shape index (κ2) is 12.2. The van der Waals surface area contributed by atoms with Gasteiger partial charge in [-0.1, -0.05) is 30.3 Å². The van der Waals surface area contributed by atoms with E-state index in [1.54, 1.807) is 26.0 Å². The molecule has 4 amide bonds. The minimum Gasteiger partial charge on any atom is -0.508 e. The van der Waals surface area contributed by atoms with E-state index >= 15 is 0 Å². The second-order valence-electron chi connectivity index (χ2n) is 9.32. The number of nitrogens with one attached hydrogen (secondary N) is 3. The Kier molecular flexibility index (Phi) is 9.65. The van der Waals surface area contributed by atoms with Crippen LogP contribution in [0.25, 0.3) is 0 Å². The summed E-state index contributed by atoms with van der Waals surface area (Å²) in [6, 6.07) is 11.5. The van der Waals surface area contributed by atoms with Gasteiger partial charge >= 0.3 is 6.03 Å². The fourth-order valence-corrected chi connectivity index (χ4v) is 3.86. The first-order chi connectivity index (χ1) is 16.4. The number of aromatic hydroxyl groups is 1. The number of aryl methyl sites for hydroxylation is 2. The normalized spacial score (nSPS) is 11.9. The molecule has 0 aliphatic carbocycles. The standard InChI is InChI=1S/C26H37N5O4/c1-17-13-20(32)14-18(2)21(17)11-12-23(33)31(27)26(3,4)16-29-24(34)22(30-25(35)28-5)15-19-9-7-6-8-10-19/h6-10,13-14,22,32H,11-12,15-16,27H2,1-5H3,(H,29,34)(H2,28,30,35)/t22-/m0/s1. The zero-order valence-electron chi connectivity index (χ0n) is 21.1. The van der Waals surface area contributed by atoms with Gasteiger partial charge in [-0.25, -0.2) is 10.6 Å². The van der Waals surface area contributed by atoms with Crippen LogP contribution in [0.5, 0.6) is 5.75 Å². The number of rotatable bonds is 10. The number of hydrogen-bond acceptors (Lipinski definition) is 5. The second-order valence-corrected chi connectivity index (χ2v) is 9.32. The summed E-state index contributed by atoms with van der Waals surface area (Å²) in [6.45, 7) is 7.42. The van der Waals surface area contributed by atoms with E-state index in [0.29, 0.717) is 12.8 Å². The summed E-state index contributed by atoms with van der Waals surface area (Å²) >= 11 is 0. The molecule has 2 aromatic rings. The van der Waals surface area contributed by atoms with E-state index in [-0.39, 0.29) is 30.5 Å². The van der Waals surface area contributed by atoms with E-state index in [4.69, 9.17) is 5.84 Å². The van der Waals surface area contributed by atoms with E-state index in [9.17, 15) is 19.5 Å². The first kappa shape index (κ1) is 27.7. The summed E-state index contributed by atoms with van der Waals surface area (Å²) in [4.78, 5) is 37.6. The lowest BCUT2D eigenvalue weighted by Gasteiger charge is -2.35. The number of nitrogens with zero attached hydrogens (tertiary/aromatic N) is 1. The minimum atomic E-state index is -0.865. The molecule has 0 unspecified atom stereocenters. The van der Waals surface area contributed by atoms with E-state index in [0.717, 1.165) is 27.3 Å². The molecular formula is C26H37N5O4. The number of hydrogen-bond donors (Lipinski definition) is 5. The highest BCUT2D eigenvalue weighted by Gasteiger charge is 2.30. The number of urea groups is 1. The SMILES string of the molecule is CNC(=O)N[C@@H](Cc1ccccc1)C(=O)NCC(C)(C)N(N)C(=O)CCc1c(C)cc(O)cc1C. The Bertz CT molecular complexity index is 1020. The summed E-state index contributed by atoms with van der Waals surface area (Å²) in [6.07, 6.45) is 0.994. The molecule has 0 aliphatic rings. The number of benzene rings is 2. The quantitative estimate of drug-likeness (QED) is 0.200. The van der Waals surface area contributed by atoms with Gasteiger partial charge < -0.3 is 21.1 Å². The van der Waals surface area contributed by atoms with Crippen LogP contribution in [0.1, 0.15) is 42.5 Å². The smallest absolute Gasteiger partial charge is 0.315 e. The number of amides is 4. The molecule has 0 radical (unpaired) electrons. The van der Waals surface area contributed by atoms with Gasteiger partial charge in [0, 0.05) is 26.4 Å². The lowest BCUT2D eigenvalue weighted by atomic mass is 9.97. The Morgan fingerprint density at radius 3 is 2.26 bits per heavy atom. The van der Waals surface area contributed by atoms with Crippen LogP contribution in [0.15, 0.2) is 42.5 Å². The molecule has 0 bridgehead atoms. The van der Waals surface area contributed by atoms with Crippen molar-refractivity contribution < 1.29 is 19.5 Å². The van der Waals surface area contributed by atoms with E-state index in [2.05, 4.69) is 16.0 Å². The van der Waals surface area contributed by atoms with Crippen molar-refractivity contribution in [3.05, 3.63) is 64.7 Å². The van der Waals surface area contributed by atoms with Gasteiger partial charge in [-0.3, -0.25) is 14.6 Å². The Morgan fingerprint density at radius 1 is 1.09 bits per heavy atom. The number of hydrazine groups is 1. The molecule has 35 heavy (non-hydrogen) atoms. The topological polar surface area (TPSA) is 137 Å². The third kappa shape index (κ3) is 7.99. The van der Waals surface area contributed by atoms with Crippen molar-refractivity contribution in [2.24, 2.45) is 5.84 Å². The van der Waals surface area contributed by atoms with Gasteiger partial charge in [0.05, 0.1) is 5.54 Å². The van der Waals surface area contributed by atoms with Crippen LogP contribution in [0.4, 0.5) is 4.79 Å². The Balaban J connectivity index is 1.99. The summed E-state index contributed by atoms with van der Waals surface area (Å²) in [5, 5.41) is 18.8. The summed E-state index contributed by atoms with van der Waals surface area (Å²) < 4.78 is 0. The molecule has 0 spiro atoms. The summed E-state index contributed by atoms with van der Waals surface area (Å²) in [7, 11) is 1.48.